The number of hydrogen-bond acceptors (Lipinski definition) is 6. The van der Waals surface area contributed by atoms with Crippen LogP contribution in [0.25, 0.3) is 0 Å². The summed E-state index contributed by atoms with van der Waals surface area (Å²) in [5, 5.41) is 45.0. The van der Waals surface area contributed by atoms with Crippen LogP contribution in [0.3, 0.4) is 0 Å². The van der Waals surface area contributed by atoms with Gasteiger partial charge in [0, 0.05) is 0 Å². The maximum absolute atomic E-state index is 9.15. The molecule has 0 aromatic carbocycles. The molecule has 0 aromatic rings. The minimum Gasteiger partial charge on any atom is -0.394 e. The van der Waals surface area contributed by atoms with E-state index in [-0.39, 0.29) is 0 Å². The smallest absolute Gasteiger partial charge is 0.184 e. The maximum Gasteiger partial charge on any atom is 0.184 e. The Morgan fingerprint density at radius 1 is 1.08 bits per heavy atom. The van der Waals surface area contributed by atoms with E-state index < -0.39 is 37.3 Å². The van der Waals surface area contributed by atoms with E-state index in [0.29, 0.717) is 0 Å². The van der Waals surface area contributed by atoms with Gasteiger partial charge in [0.1, 0.15) is 24.4 Å². The van der Waals surface area contributed by atoms with Crippen molar-refractivity contribution in [2.45, 2.75) is 30.7 Å². The van der Waals surface area contributed by atoms with Gasteiger partial charge < -0.3 is 30.3 Å². The third-order valence-electron chi connectivity index (χ3n) is 1.76. The Morgan fingerprint density at radius 2 is 1.67 bits per heavy atom. The molecule has 0 bridgehead atoms. The minimum atomic E-state index is -2.70. The lowest BCUT2D eigenvalue weighted by molar-refractivity contribution is -0.286. The summed E-state index contributed by atoms with van der Waals surface area (Å²) in [6, 6.07) is 0. The predicted molar refractivity (Wildman–Crippen MR) is 36.0 cm³/mol. The van der Waals surface area contributed by atoms with E-state index in [1.54, 1.807) is 0 Å². The van der Waals surface area contributed by atoms with Crippen LogP contribution in [-0.2, 0) is 4.74 Å². The van der Waals surface area contributed by atoms with Gasteiger partial charge in [0.05, 0.1) is 7.98 Å². The Hall–Kier alpha value is -0.240. The normalized spacial score (nSPS) is 56.6. The van der Waals surface area contributed by atoms with Crippen LogP contribution in [0.4, 0.5) is 0 Å². The van der Waals surface area contributed by atoms with Crippen molar-refractivity contribution in [2.75, 3.05) is 6.61 Å². The van der Waals surface area contributed by atoms with Crippen molar-refractivity contribution < 1.29 is 31.6 Å². The highest BCUT2D eigenvalue weighted by Crippen LogP contribution is 2.18. The van der Waals surface area contributed by atoms with Crippen LogP contribution in [0, 0.1) is 0 Å². The van der Waals surface area contributed by atoms with Gasteiger partial charge in [-0.15, -0.1) is 0 Å². The summed E-state index contributed by atoms with van der Waals surface area (Å²) in [4.78, 5) is 0. The topological polar surface area (TPSA) is 110 Å². The second-order valence-corrected chi connectivity index (χ2v) is 2.60. The number of ether oxygens (including phenoxy) is 1. The van der Waals surface area contributed by atoms with Crippen molar-refractivity contribution in [3.63, 3.8) is 0 Å². The van der Waals surface area contributed by atoms with Gasteiger partial charge >= 0.3 is 0 Å². The molecular formula is C6H12O6. The van der Waals surface area contributed by atoms with Gasteiger partial charge in [0.15, 0.2) is 6.27 Å². The summed E-state index contributed by atoms with van der Waals surface area (Å²) in [5.74, 6) is 0. The fourth-order valence-corrected chi connectivity index (χ4v) is 0.993. The van der Waals surface area contributed by atoms with Crippen molar-refractivity contribution in [3.05, 3.63) is 0 Å². The van der Waals surface area contributed by atoms with E-state index in [0.717, 1.165) is 0 Å². The third kappa shape index (κ3) is 1.58. The molecule has 0 aliphatic carbocycles. The zero-order valence-corrected chi connectivity index (χ0v) is 6.16. The molecule has 6 nitrogen and oxygen atoms in total. The minimum absolute atomic E-state index is 0.661. The molecule has 1 saturated heterocycles. The molecule has 0 aromatic heterocycles. The van der Waals surface area contributed by atoms with Crippen LogP contribution in [0.1, 0.15) is 1.37 Å². The SMILES string of the molecule is [2H][C@@]1(O)O[C@H](CO)[C@H](O)[C@H](O)[C@H]1O. The zero-order chi connectivity index (χ0) is 10.2. The van der Waals surface area contributed by atoms with Gasteiger partial charge in [-0.2, -0.15) is 0 Å². The third-order valence-corrected chi connectivity index (χ3v) is 1.76. The Labute approximate surface area is 70.0 Å². The standard InChI is InChI=1S/C6H12O6/c7-1-2-3(8)4(9)5(10)6(11)12-2/h2-11H,1H2/t2-,3+,4+,5-,6-/m1/s1/i6D. The van der Waals surface area contributed by atoms with E-state index in [1.807, 2.05) is 0 Å². The molecule has 5 N–H and O–H groups in total. The number of rotatable bonds is 1. The summed E-state index contributed by atoms with van der Waals surface area (Å²) >= 11 is 0. The van der Waals surface area contributed by atoms with Crippen LogP contribution < -0.4 is 0 Å². The van der Waals surface area contributed by atoms with Crippen LogP contribution in [-0.4, -0.2) is 62.8 Å². The summed E-state index contributed by atoms with van der Waals surface area (Å²) in [6.07, 6.45) is -9.14. The summed E-state index contributed by atoms with van der Waals surface area (Å²) in [5.41, 5.74) is 0. The van der Waals surface area contributed by atoms with Gasteiger partial charge in [0.2, 0.25) is 0 Å². The Kier molecular flexibility index (Phi) is 2.54. The first-order chi connectivity index (χ1) is 5.90. The second kappa shape index (κ2) is 3.65. The van der Waals surface area contributed by atoms with Crippen molar-refractivity contribution >= 4 is 0 Å². The molecule has 1 aliphatic heterocycles. The molecule has 12 heavy (non-hydrogen) atoms. The van der Waals surface area contributed by atoms with Crippen molar-refractivity contribution in [1.29, 1.82) is 0 Å². The monoisotopic (exact) mass is 181 g/mol. The first kappa shape index (κ1) is 8.36. The van der Waals surface area contributed by atoms with E-state index in [9.17, 15) is 0 Å². The van der Waals surface area contributed by atoms with E-state index in [4.69, 9.17) is 26.9 Å². The fourth-order valence-electron chi connectivity index (χ4n) is 0.993. The second-order valence-electron chi connectivity index (χ2n) is 2.60. The molecule has 1 rings (SSSR count). The summed E-state index contributed by atoms with van der Waals surface area (Å²) < 4.78 is 11.4. The molecule has 1 aliphatic rings. The summed E-state index contributed by atoms with van der Waals surface area (Å²) in [6.45, 7) is -0.661. The lowest BCUT2D eigenvalue weighted by Crippen LogP contribution is -2.58. The highest BCUT2D eigenvalue weighted by Gasteiger charge is 2.42. The van der Waals surface area contributed by atoms with Crippen LogP contribution >= 0.6 is 0 Å². The predicted octanol–water partition coefficient (Wildman–Crippen LogP) is -3.22. The number of aliphatic hydroxyl groups excluding tert-OH is 4. The summed E-state index contributed by atoms with van der Waals surface area (Å²) in [7, 11) is 0. The highest BCUT2D eigenvalue weighted by molar-refractivity contribution is 4.87. The van der Waals surface area contributed by atoms with Gasteiger partial charge in [0.25, 0.3) is 0 Å². The molecule has 1 heterocycles. The molecular weight excluding hydrogens is 168 g/mol. The Balaban J connectivity index is 2.79. The Morgan fingerprint density at radius 3 is 2.17 bits per heavy atom. The van der Waals surface area contributed by atoms with Gasteiger partial charge in [-0.05, 0) is 0 Å². The molecule has 0 spiro atoms. The largest absolute Gasteiger partial charge is 0.394 e. The van der Waals surface area contributed by atoms with Crippen molar-refractivity contribution in [3.8, 4) is 0 Å². The molecule has 0 amide bonds. The number of aliphatic hydroxyl groups is 5. The molecule has 0 radical (unpaired) electrons. The number of hydrogen-bond donors (Lipinski definition) is 5. The fraction of sp³-hybridized carbons (Fsp3) is 1.00. The van der Waals surface area contributed by atoms with Crippen molar-refractivity contribution in [2.24, 2.45) is 0 Å². The van der Waals surface area contributed by atoms with Gasteiger partial charge in [-0.1, -0.05) is 0 Å². The van der Waals surface area contributed by atoms with Gasteiger partial charge in [-0.3, -0.25) is 0 Å². The maximum atomic E-state index is 9.15. The quantitative estimate of drug-likeness (QED) is 0.291. The average Bonchev–Trinajstić information content (AvgIpc) is 2.08. The highest BCUT2D eigenvalue weighted by atomic mass is 16.6. The molecule has 0 saturated carbocycles. The van der Waals surface area contributed by atoms with Crippen LogP contribution in [0.5, 0.6) is 0 Å². The van der Waals surface area contributed by atoms with E-state index in [2.05, 4.69) is 4.74 Å². The van der Waals surface area contributed by atoms with E-state index >= 15 is 0 Å². The van der Waals surface area contributed by atoms with Crippen LogP contribution in [0.15, 0.2) is 0 Å². The zero-order valence-electron chi connectivity index (χ0n) is 7.16. The Bertz CT molecular complexity index is 184. The molecule has 1 fully saturated rings. The molecule has 72 valence electrons. The lowest BCUT2D eigenvalue weighted by atomic mass is 10.00. The first-order valence-electron chi connectivity index (χ1n) is 3.95. The van der Waals surface area contributed by atoms with Gasteiger partial charge in [-0.25, -0.2) is 0 Å². The first-order valence-corrected chi connectivity index (χ1v) is 3.45. The van der Waals surface area contributed by atoms with E-state index in [1.165, 1.54) is 0 Å². The molecule has 0 unspecified atom stereocenters. The lowest BCUT2D eigenvalue weighted by Gasteiger charge is -2.37. The van der Waals surface area contributed by atoms with Crippen LogP contribution in [0.2, 0.25) is 0 Å². The molecule has 6 heteroatoms. The molecule has 5 atom stereocenters. The average molecular weight is 181 g/mol. The van der Waals surface area contributed by atoms with Crippen molar-refractivity contribution in [1.82, 2.24) is 0 Å².